The third-order valence-electron chi connectivity index (χ3n) is 5.84. The number of pyridine rings is 1. The maximum absolute atomic E-state index is 12.7. The molecule has 0 radical (unpaired) electrons. The van der Waals surface area contributed by atoms with Crippen LogP contribution in [0.5, 0.6) is 5.75 Å². The lowest BCUT2D eigenvalue weighted by molar-refractivity contribution is -0.103. The minimum absolute atomic E-state index is 0.0836. The first-order chi connectivity index (χ1) is 13.7. The summed E-state index contributed by atoms with van der Waals surface area (Å²) in [6.07, 6.45) is 5.08. The number of amidine groups is 1. The summed E-state index contributed by atoms with van der Waals surface area (Å²) in [6, 6.07) is 7.79. The number of nitrogens with one attached hydrogen (secondary N) is 1. The summed E-state index contributed by atoms with van der Waals surface area (Å²) in [6.45, 7) is 3.04. The quantitative estimate of drug-likeness (QED) is 0.872. The smallest absolute Gasteiger partial charge is 0.322 e. The van der Waals surface area contributed by atoms with Gasteiger partial charge in [0.15, 0.2) is 0 Å². The van der Waals surface area contributed by atoms with Crippen LogP contribution >= 0.6 is 0 Å². The van der Waals surface area contributed by atoms with Crippen LogP contribution < -0.4 is 10.1 Å². The second kappa shape index (κ2) is 6.60. The average Bonchev–Trinajstić information content (AvgIpc) is 3.32. The second-order valence-corrected chi connectivity index (χ2v) is 7.71. The van der Waals surface area contributed by atoms with Gasteiger partial charge in [-0.1, -0.05) is 0 Å². The summed E-state index contributed by atoms with van der Waals surface area (Å²) in [5, 5.41) is 3.01. The van der Waals surface area contributed by atoms with Gasteiger partial charge < -0.3 is 14.4 Å². The summed E-state index contributed by atoms with van der Waals surface area (Å²) in [4.78, 5) is 23.5. The molecule has 5 rings (SSSR count). The first-order valence-electron chi connectivity index (χ1n) is 9.49. The largest absolute Gasteiger partial charge is 0.496 e. The number of aliphatic imine (C=N–C) groups is 1. The van der Waals surface area contributed by atoms with Crippen molar-refractivity contribution in [1.82, 2.24) is 15.2 Å². The van der Waals surface area contributed by atoms with Crippen molar-refractivity contribution in [2.75, 3.05) is 33.4 Å². The first-order valence-corrected chi connectivity index (χ1v) is 9.49. The molecule has 28 heavy (non-hydrogen) atoms. The molecule has 0 bridgehead atoms. The topological polar surface area (TPSA) is 76.0 Å². The van der Waals surface area contributed by atoms with Gasteiger partial charge >= 0.3 is 6.03 Å². The number of amides is 2. The molecule has 144 valence electrons. The lowest BCUT2D eigenvalue weighted by Gasteiger charge is -2.37. The van der Waals surface area contributed by atoms with Crippen LogP contribution in [0.2, 0.25) is 0 Å². The van der Waals surface area contributed by atoms with E-state index in [1.807, 2.05) is 29.2 Å². The number of methoxy groups -OCH3 is 1. The van der Waals surface area contributed by atoms with Gasteiger partial charge in [-0.05, 0) is 36.2 Å². The Morgan fingerprint density at radius 1 is 1.25 bits per heavy atom. The van der Waals surface area contributed by atoms with E-state index in [1.165, 1.54) is 0 Å². The highest BCUT2D eigenvalue weighted by Crippen LogP contribution is 2.42. The van der Waals surface area contributed by atoms with Gasteiger partial charge in [0.1, 0.15) is 11.6 Å². The molecule has 7 heteroatoms. The number of aromatic nitrogens is 1. The van der Waals surface area contributed by atoms with Gasteiger partial charge in [-0.3, -0.25) is 10.3 Å². The first kappa shape index (κ1) is 17.2. The molecule has 1 aromatic carbocycles. The van der Waals surface area contributed by atoms with E-state index in [4.69, 9.17) is 14.5 Å². The van der Waals surface area contributed by atoms with Gasteiger partial charge in [0, 0.05) is 48.4 Å². The van der Waals surface area contributed by atoms with Crippen LogP contribution in [0.25, 0.3) is 11.1 Å². The molecule has 0 atom stereocenters. The molecule has 1 spiro atoms. The summed E-state index contributed by atoms with van der Waals surface area (Å²) < 4.78 is 10.9. The number of fused-ring (bicyclic) bond motifs is 1. The van der Waals surface area contributed by atoms with Crippen LogP contribution in [0, 0.1) is 5.41 Å². The van der Waals surface area contributed by atoms with Crippen LogP contribution in [0.1, 0.15) is 12.0 Å². The van der Waals surface area contributed by atoms with E-state index in [1.54, 1.807) is 19.5 Å². The third-order valence-corrected chi connectivity index (χ3v) is 5.84. The number of benzene rings is 1. The highest BCUT2D eigenvalue weighted by Gasteiger charge is 2.45. The molecule has 2 fully saturated rings. The Balaban J connectivity index is 1.39. The number of carbonyl (C=O) groups excluding carboxylic acids is 1. The van der Waals surface area contributed by atoms with Crippen molar-refractivity contribution in [3.8, 4) is 16.9 Å². The Morgan fingerprint density at radius 3 is 2.75 bits per heavy atom. The Hall–Kier alpha value is -2.93. The molecule has 2 saturated heterocycles. The highest BCUT2D eigenvalue weighted by atomic mass is 16.5. The van der Waals surface area contributed by atoms with Gasteiger partial charge in [-0.2, -0.15) is 0 Å². The van der Waals surface area contributed by atoms with Crippen molar-refractivity contribution in [2.24, 2.45) is 10.4 Å². The number of urea groups is 1. The van der Waals surface area contributed by atoms with Gasteiger partial charge in [0.25, 0.3) is 0 Å². The lowest BCUT2D eigenvalue weighted by atomic mass is 9.85. The molecule has 0 aliphatic carbocycles. The summed E-state index contributed by atoms with van der Waals surface area (Å²) in [5.74, 6) is 1.44. The predicted molar refractivity (Wildman–Crippen MR) is 105 cm³/mol. The molecular formula is C21H22N4O3. The molecule has 1 aromatic heterocycles. The molecular weight excluding hydrogens is 356 g/mol. The normalized spacial score (nSPS) is 19.2. The fourth-order valence-electron chi connectivity index (χ4n) is 4.22. The molecule has 3 aliphatic heterocycles. The minimum atomic E-state index is -0.0836. The number of likely N-dealkylation sites (tertiary alicyclic amines) is 1. The molecule has 0 unspecified atom stereocenters. The Bertz CT molecular complexity index is 954. The zero-order chi connectivity index (χ0) is 19.1. The Kier molecular flexibility index (Phi) is 4.05. The van der Waals surface area contributed by atoms with E-state index in [0.29, 0.717) is 12.3 Å². The minimum Gasteiger partial charge on any atom is -0.496 e. The third kappa shape index (κ3) is 2.82. The van der Waals surface area contributed by atoms with E-state index in [9.17, 15) is 4.79 Å². The van der Waals surface area contributed by atoms with Crippen LogP contribution in [0.3, 0.4) is 0 Å². The number of hydrogen-bond acceptors (Lipinski definition) is 5. The molecule has 4 heterocycles. The van der Waals surface area contributed by atoms with E-state index < -0.39 is 0 Å². The number of hydrogen-bond donors (Lipinski definition) is 1. The molecule has 2 amide bonds. The fourth-order valence-corrected chi connectivity index (χ4v) is 4.22. The molecule has 0 saturated carbocycles. The second-order valence-electron chi connectivity index (χ2n) is 7.71. The molecule has 2 aromatic rings. The maximum Gasteiger partial charge on any atom is 0.322 e. The van der Waals surface area contributed by atoms with Crippen molar-refractivity contribution < 1.29 is 14.3 Å². The summed E-state index contributed by atoms with van der Waals surface area (Å²) in [5.41, 5.74) is 4.07. The summed E-state index contributed by atoms with van der Waals surface area (Å²) >= 11 is 0. The zero-order valence-electron chi connectivity index (χ0n) is 15.8. The van der Waals surface area contributed by atoms with Crippen LogP contribution in [0.4, 0.5) is 10.5 Å². The SMILES string of the molecule is COc1ccc(-c2ccncc2)c2c1CC(NC(=O)N1CCC3(COC3)C1)=N2. The number of ether oxygens (including phenoxy) is 2. The van der Waals surface area contributed by atoms with Gasteiger partial charge in [0.05, 0.1) is 26.0 Å². The molecule has 7 nitrogen and oxygen atoms in total. The van der Waals surface area contributed by atoms with E-state index in [-0.39, 0.29) is 11.4 Å². The molecule has 1 N–H and O–H groups in total. The van der Waals surface area contributed by atoms with E-state index >= 15 is 0 Å². The van der Waals surface area contributed by atoms with Crippen molar-refractivity contribution in [3.63, 3.8) is 0 Å². The predicted octanol–water partition coefficient (Wildman–Crippen LogP) is 2.78. The Morgan fingerprint density at radius 2 is 2.07 bits per heavy atom. The van der Waals surface area contributed by atoms with E-state index in [0.717, 1.165) is 60.9 Å². The zero-order valence-corrected chi connectivity index (χ0v) is 15.8. The number of carbonyl (C=O) groups is 1. The van der Waals surface area contributed by atoms with Crippen molar-refractivity contribution in [3.05, 3.63) is 42.2 Å². The van der Waals surface area contributed by atoms with Crippen molar-refractivity contribution in [1.29, 1.82) is 0 Å². The van der Waals surface area contributed by atoms with Gasteiger partial charge in [0.2, 0.25) is 0 Å². The van der Waals surface area contributed by atoms with Crippen LogP contribution in [-0.4, -0.2) is 55.2 Å². The van der Waals surface area contributed by atoms with Gasteiger partial charge in [-0.25, -0.2) is 9.79 Å². The van der Waals surface area contributed by atoms with Gasteiger partial charge in [-0.15, -0.1) is 0 Å². The lowest BCUT2D eigenvalue weighted by Crippen LogP contribution is -2.48. The fraction of sp³-hybridized carbons (Fsp3) is 0.381. The monoisotopic (exact) mass is 378 g/mol. The average molecular weight is 378 g/mol. The Labute approximate surface area is 163 Å². The van der Waals surface area contributed by atoms with Crippen LogP contribution in [0.15, 0.2) is 41.7 Å². The molecule has 3 aliphatic rings. The van der Waals surface area contributed by atoms with Crippen LogP contribution in [-0.2, 0) is 11.2 Å². The number of nitrogens with zero attached hydrogens (tertiary/aromatic N) is 3. The standard InChI is InChI=1S/C21H22N4O3/c1-27-17-3-2-15(14-4-7-22-8-5-14)19-16(17)10-18(23-19)24-20(26)25-9-6-21(11-25)12-28-13-21/h2-5,7-8H,6,9-13H2,1H3,(H,23,24,26). The van der Waals surface area contributed by atoms with E-state index in [2.05, 4.69) is 10.3 Å². The van der Waals surface area contributed by atoms with Crippen molar-refractivity contribution >= 4 is 17.6 Å². The van der Waals surface area contributed by atoms with Crippen molar-refractivity contribution in [2.45, 2.75) is 12.8 Å². The summed E-state index contributed by atoms with van der Waals surface area (Å²) in [7, 11) is 1.66. The maximum atomic E-state index is 12.7. The number of rotatable bonds is 2. The highest BCUT2D eigenvalue weighted by molar-refractivity contribution is 6.04.